The maximum atomic E-state index is 11.5. The van der Waals surface area contributed by atoms with Crippen LogP contribution in [-0.4, -0.2) is 72.1 Å². The second-order valence-electron chi connectivity index (χ2n) is 8.07. The normalized spacial score (nSPS) is 26.9. The fourth-order valence-corrected chi connectivity index (χ4v) is 3.08. The van der Waals surface area contributed by atoms with Crippen molar-refractivity contribution in [1.82, 2.24) is 5.32 Å². The molecule has 0 spiro atoms. The molecule has 1 saturated heterocycles. The number of hydrogen-bond acceptors (Lipinski definition) is 7. The van der Waals surface area contributed by atoms with E-state index in [1.54, 1.807) is 0 Å². The maximum Gasteiger partial charge on any atom is 0.217 e. The highest BCUT2D eigenvalue weighted by Crippen LogP contribution is 2.31. The van der Waals surface area contributed by atoms with Crippen molar-refractivity contribution in [3.63, 3.8) is 0 Å². The van der Waals surface area contributed by atoms with Gasteiger partial charge < -0.3 is 35.5 Å². The SMILES string of the molecule is CC(=O)NC1C(OC(C)(C)CCOC(C)(C)CCN)OC(CO)C1CO. The summed E-state index contributed by atoms with van der Waals surface area (Å²) in [5, 5.41) is 21.9. The van der Waals surface area contributed by atoms with Gasteiger partial charge in [0.1, 0.15) is 0 Å². The Morgan fingerprint density at radius 3 is 2.31 bits per heavy atom. The number of hydrogen-bond donors (Lipinski definition) is 4. The number of aliphatic hydroxyl groups excluding tert-OH is 2. The fraction of sp³-hybridized carbons (Fsp3) is 0.944. The molecule has 1 amide bonds. The van der Waals surface area contributed by atoms with Crippen LogP contribution in [0, 0.1) is 5.92 Å². The molecule has 0 aromatic heterocycles. The highest BCUT2D eigenvalue weighted by molar-refractivity contribution is 5.73. The number of carbonyl (C=O) groups is 1. The molecule has 154 valence electrons. The van der Waals surface area contributed by atoms with Crippen LogP contribution in [0.4, 0.5) is 0 Å². The van der Waals surface area contributed by atoms with Gasteiger partial charge in [-0.15, -0.1) is 0 Å². The average Bonchev–Trinajstić information content (AvgIpc) is 2.82. The second kappa shape index (κ2) is 9.96. The van der Waals surface area contributed by atoms with Crippen molar-refractivity contribution in [2.24, 2.45) is 11.7 Å². The molecule has 0 aromatic rings. The van der Waals surface area contributed by atoms with E-state index < -0.39 is 30.0 Å². The van der Waals surface area contributed by atoms with E-state index >= 15 is 0 Å². The lowest BCUT2D eigenvalue weighted by atomic mass is 9.97. The van der Waals surface area contributed by atoms with Crippen molar-refractivity contribution >= 4 is 5.91 Å². The number of nitrogens with one attached hydrogen (secondary N) is 1. The zero-order chi connectivity index (χ0) is 20.0. The lowest BCUT2D eigenvalue weighted by molar-refractivity contribution is -0.209. The summed E-state index contributed by atoms with van der Waals surface area (Å²) in [5.41, 5.74) is 4.72. The molecule has 8 nitrogen and oxygen atoms in total. The third-order valence-corrected chi connectivity index (χ3v) is 4.68. The average molecular weight is 376 g/mol. The van der Waals surface area contributed by atoms with Crippen LogP contribution < -0.4 is 11.1 Å². The molecular formula is C18H36N2O6. The Balaban J connectivity index is 2.68. The number of amides is 1. The van der Waals surface area contributed by atoms with Crippen LogP contribution in [0.2, 0.25) is 0 Å². The predicted octanol–water partition coefficient (Wildman–Crippen LogP) is 0.146. The highest BCUT2D eigenvalue weighted by Gasteiger charge is 2.46. The molecule has 4 unspecified atom stereocenters. The molecule has 1 heterocycles. The Morgan fingerprint density at radius 1 is 1.15 bits per heavy atom. The minimum absolute atomic E-state index is 0.215. The van der Waals surface area contributed by atoms with Crippen LogP contribution in [0.5, 0.6) is 0 Å². The smallest absolute Gasteiger partial charge is 0.217 e. The van der Waals surface area contributed by atoms with E-state index in [0.717, 1.165) is 6.42 Å². The standard InChI is InChI=1S/C18H36N2O6/c1-12(23)20-15-13(10-21)14(11-22)25-16(15)26-18(4,5)7-9-24-17(2,3)6-8-19/h13-16,21-22H,6-11,19H2,1-5H3,(H,20,23). The van der Waals surface area contributed by atoms with Gasteiger partial charge in [0.05, 0.1) is 43.2 Å². The van der Waals surface area contributed by atoms with Crippen molar-refractivity contribution in [2.45, 2.75) is 77.1 Å². The van der Waals surface area contributed by atoms with Gasteiger partial charge in [-0.3, -0.25) is 4.79 Å². The Morgan fingerprint density at radius 2 is 1.81 bits per heavy atom. The summed E-state index contributed by atoms with van der Waals surface area (Å²) < 4.78 is 17.7. The van der Waals surface area contributed by atoms with Crippen molar-refractivity contribution in [2.75, 3.05) is 26.4 Å². The van der Waals surface area contributed by atoms with E-state index in [1.165, 1.54) is 6.92 Å². The molecule has 0 aliphatic carbocycles. The molecule has 1 aliphatic heterocycles. The van der Waals surface area contributed by atoms with Gasteiger partial charge in [-0.05, 0) is 47.1 Å². The monoisotopic (exact) mass is 376 g/mol. The molecule has 1 rings (SSSR count). The Labute approximate surface area is 156 Å². The minimum atomic E-state index is -0.750. The Kier molecular flexibility index (Phi) is 8.92. The molecule has 4 atom stereocenters. The predicted molar refractivity (Wildman–Crippen MR) is 97.4 cm³/mol. The molecule has 26 heavy (non-hydrogen) atoms. The largest absolute Gasteiger partial charge is 0.396 e. The molecule has 0 bridgehead atoms. The third kappa shape index (κ3) is 7.09. The second-order valence-corrected chi connectivity index (χ2v) is 8.07. The molecule has 0 saturated carbocycles. The zero-order valence-corrected chi connectivity index (χ0v) is 16.7. The van der Waals surface area contributed by atoms with Crippen LogP contribution in [0.25, 0.3) is 0 Å². The third-order valence-electron chi connectivity index (χ3n) is 4.68. The summed E-state index contributed by atoms with van der Waals surface area (Å²) >= 11 is 0. The fourth-order valence-electron chi connectivity index (χ4n) is 3.08. The Hall–Kier alpha value is -0.770. The number of rotatable bonds is 11. The summed E-state index contributed by atoms with van der Waals surface area (Å²) in [5.74, 6) is -0.668. The first-order valence-corrected chi connectivity index (χ1v) is 9.21. The molecular weight excluding hydrogens is 340 g/mol. The van der Waals surface area contributed by atoms with Gasteiger partial charge in [0.2, 0.25) is 5.91 Å². The first kappa shape index (κ1) is 23.3. The van der Waals surface area contributed by atoms with E-state index in [4.69, 9.17) is 19.9 Å². The summed E-state index contributed by atoms with van der Waals surface area (Å²) in [7, 11) is 0. The number of aliphatic hydroxyl groups is 2. The Bertz CT molecular complexity index is 443. The summed E-state index contributed by atoms with van der Waals surface area (Å²) in [6.45, 7) is 9.82. The van der Waals surface area contributed by atoms with Crippen molar-refractivity contribution in [3.05, 3.63) is 0 Å². The van der Waals surface area contributed by atoms with E-state index in [1.807, 2.05) is 27.7 Å². The molecule has 1 aliphatic rings. The first-order chi connectivity index (χ1) is 12.0. The molecule has 8 heteroatoms. The van der Waals surface area contributed by atoms with Crippen molar-refractivity contribution in [3.8, 4) is 0 Å². The quantitative estimate of drug-likeness (QED) is 0.405. The van der Waals surface area contributed by atoms with Gasteiger partial charge in [0.15, 0.2) is 6.29 Å². The molecule has 1 fully saturated rings. The van der Waals surface area contributed by atoms with Crippen LogP contribution in [0.15, 0.2) is 0 Å². The van der Waals surface area contributed by atoms with Crippen molar-refractivity contribution in [1.29, 1.82) is 0 Å². The molecule has 5 N–H and O–H groups in total. The van der Waals surface area contributed by atoms with Gasteiger partial charge >= 0.3 is 0 Å². The lowest BCUT2D eigenvalue weighted by Gasteiger charge is -2.33. The van der Waals surface area contributed by atoms with Crippen LogP contribution in [0.3, 0.4) is 0 Å². The lowest BCUT2D eigenvalue weighted by Crippen LogP contribution is -2.48. The number of ether oxygens (including phenoxy) is 3. The van der Waals surface area contributed by atoms with Gasteiger partial charge in [-0.1, -0.05) is 0 Å². The van der Waals surface area contributed by atoms with Crippen LogP contribution >= 0.6 is 0 Å². The summed E-state index contributed by atoms with van der Waals surface area (Å²) in [4.78, 5) is 11.5. The zero-order valence-electron chi connectivity index (χ0n) is 16.7. The summed E-state index contributed by atoms with van der Waals surface area (Å²) in [6, 6.07) is -0.525. The minimum Gasteiger partial charge on any atom is -0.396 e. The van der Waals surface area contributed by atoms with E-state index in [9.17, 15) is 15.0 Å². The van der Waals surface area contributed by atoms with Crippen molar-refractivity contribution < 1.29 is 29.2 Å². The van der Waals surface area contributed by atoms with E-state index in [-0.39, 0.29) is 24.7 Å². The van der Waals surface area contributed by atoms with E-state index in [0.29, 0.717) is 19.6 Å². The number of nitrogens with two attached hydrogens (primary N) is 1. The number of carbonyl (C=O) groups excluding carboxylic acids is 1. The van der Waals surface area contributed by atoms with Crippen LogP contribution in [0.1, 0.15) is 47.5 Å². The molecule has 0 radical (unpaired) electrons. The van der Waals surface area contributed by atoms with Gasteiger partial charge in [0.25, 0.3) is 0 Å². The van der Waals surface area contributed by atoms with Gasteiger partial charge in [0, 0.05) is 12.8 Å². The maximum absolute atomic E-state index is 11.5. The molecule has 0 aromatic carbocycles. The van der Waals surface area contributed by atoms with E-state index in [2.05, 4.69) is 5.32 Å². The topological polar surface area (TPSA) is 123 Å². The summed E-state index contributed by atoms with van der Waals surface area (Å²) in [6.07, 6.45) is 0.0417. The van der Waals surface area contributed by atoms with Gasteiger partial charge in [-0.2, -0.15) is 0 Å². The van der Waals surface area contributed by atoms with Crippen LogP contribution in [-0.2, 0) is 19.0 Å². The first-order valence-electron chi connectivity index (χ1n) is 9.21. The van der Waals surface area contributed by atoms with Gasteiger partial charge in [-0.25, -0.2) is 0 Å². The highest BCUT2D eigenvalue weighted by atomic mass is 16.7.